The molecule has 1 aliphatic carbocycles. The molecule has 0 unspecified atom stereocenters. The molecule has 1 fully saturated rings. The summed E-state index contributed by atoms with van der Waals surface area (Å²) in [5.41, 5.74) is 10.2. The van der Waals surface area contributed by atoms with Crippen molar-refractivity contribution < 1.29 is 0 Å². The molecule has 0 bridgehead atoms. The van der Waals surface area contributed by atoms with E-state index in [4.69, 9.17) is 22.3 Å². The van der Waals surface area contributed by atoms with Gasteiger partial charge in [0.2, 0.25) is 0 Å². The van der Waals surface area contributed by atoms with Gasteiger partial charge in [0.05, 0.1) is 10.7 Å². The minimum atomic E-state index is 0.366. The van der Waals surface area contributed by atoms with Crippen LogP contribution in [0.5, 0.6) is 0 Å². The molecule has 6 heteroatoms. The largest absolute Gasteiger partial charge is 0.353 e. The van der Waals surface area contributed by atoms with Gasteiger partial charge in [-0.2, -0.15) is 0 Å². The molecule has 1 saturated carbocycles. The number of rotatable bonds is 7. The maximum absolute atomic E-state index is 6.55. The predicted molar refractivity (Wildman–Crippen MR) is 127 cm³/mol. The van der Waals surface area contributed by atoms with E-state index in [9.17, 15) is 0 Å². The van der Waals surface area contributed by atoms with E-state index in [0.29, 0.717) is 17.0 Å². The van der Waals surface area contributed by atoms with Crippen LogP contribution in [-0.2, 0) is 13.0 Å². The first-order valence-electron chi connectivity index (χ1n) is 11.1. The van der Waals surface area contributed by atoms with E-state index in [-0.39, 0.29) is 0 Å². The molecule has 31 heavy (non-hydrogen) atoms. The molecule has 5 nitrogen and oxygen atoms in total. The molecule has 0 radical (unpaired) electrons. The predicted octanol–water partition coefficient (Wildman–Crippen LogP) is 5.28. The zero-order valence-electron chi connectivity index (χ0n) is 18.0. The van der Waals surface area contributed by atoms with Crippen LogP contribution in [0, 0.1) is 5.92 Å². The third-order valence-corrected chi connectivity index (χ3v) is 6.44. The summed E-state index contributed by atoms with van der Waals surface area (Å²) in [6, 6.07) is 12.7. The second-order valence-electron chi connectivity index (χ2n) is 8.39. The number of pyridine rings is 3. The van der Waals surface area contributed by atoms with Crippen LogP contribution in [0.4, 0.5) is 5.82 Å². The van der Waals surface area contributed by atoms with Crippen molar-refractivity contribution in [2.45, 2.75) is 51.6 Å². The van der Waals surface area contributed by atoms with Crippen LogP contribution in [0.25, 0.3) is 11.3 Å². The molecule has 0 amide bonds. The zero-order valence-corrected chi connectivity index (χ0v) is 18.8. The molecule has 3 aromatic heterocycles. The second kappa shape index (κ2) is 10.2. The van der Waals surface area contributed by atoms with Crippen LogP contribution in [0.3, 0.4) is 0 Å². The van der Waals surface area contributed by atoms with Crippen LogP contribution in [0.15, 0.2) is 55.0 Å². The standard InChI is InChI=1S/C25H30ClN5/c1-2-31(17-19-10-12-28-13-11-19)25-5-3-4-24(30-25)22-15-21(29-16-23(22)26)14-18-6-8-20(27)9-7-18/h3-5,10-13,15-16,18,20H,2,6-9,14,17,27H2,1H3. The number of nitrogens with zero attached hydrogens (tertiary/aromatic N) is 4. The van der Waals surface area contributed by atoms with E-state index in [1.165, 1.54) is 18.4 Å². The highest BCUT2D eigenvalue weighted by atomic mass is 35.5. The van der Waals surface area contributed by atoms with E-state index in [2.05, 4.69) is 33.9 Å². The molecule has 3 heterocycles. The first kappa shape index (κ1) is 21.7. The van der Waals surface area contributed by atoms with Crippen molar-refractivity contribution >= 4 is 17.4 Å². The van der Waals surface area contributed by atoms with Gasteiger partial charge in [0.15, 0.2) is 0 Å². The first-order chi connectivity index (χ1) is 15.1. The summed E-state index contributed by atoms with van der Waals surface area (Å²) in [5.74, 6) is 1.59. The van der Waals surface area contributed by atoms with Gasteiger partial charge < -0.3 is 10.6 Å². The first-order valence-corrected chi connectivity index (χ1v) is 11.5. The summed E-state index contributed by atoms with van der Waals surface area (Å²) in [6.45, 7) is 3.79. The fourth-order valence-electron chi connectivity index (χ4n) is 4.29. The van der Waals surface area contributed by atoms with Crippen molar-refractivity contribution in [3.8, 4) is 11.3 Å². The quantitative estimate of drug-likeness (QED) is 0.546. The molecule has 0 aliphatic heterocycles. The van der Waals surface area contributed by atoms with Crippen molar-refractivity contribution in [1.29, 1.82) is 0 Å². The second-order valence-corrected chi connectivity index (χ2v) is 8.80. The highest BCUT2D eigenvalue weighted by molar-refractivity contribution is 6.33. The average Bonchev–Trinajstić information content (AvgIpc) is 2.81. The van der Waals surface area contributed by atoms with E-state index >= 15 is 0 Å². The van der Waals surface area contributed by atoms with Gasteiger partial charge in [0.1, 0.15) is 5.82 Å². The maximum atomic E-state index is 6.55. The molecule has 0 spiro atoms. The van der Waals surface area contributed by atoms with Gasteiger partial charge >= 0.3 is 0 Å². The minimum Gasteiger partial charge on any atom is -0.353 e. The normalized spacial score (nSPS) is 18.7. The van der Waals surface area contributed by atoms with Gasteiger partial charge in [-0.05, 0) is 80.8 Å². The fraction of sp³-hybridized carbons (Fsp3) is 0.400. The molecule has 2 N–H and O–H groups in total. The maximum Gasteiger partial charge on any atom is 0.129 e. The topological polar surface area (TPSA) is 67.9 Å². The Morgan fingerprint density at radius 3 is 2.61 bits per heavy atom. The Hall–Kier alpha value is -2.50. The van der Waals surface area contributed by atoms with Crippen molar-refractivity contribution in [3.63, 3.8) is 0 Å². The number of anilines is 1. The molecular weight excluding hydrogens is 406 g/mol. The van der Waals surface area contributed by atoms with Crippen molar-refractivity contribution in [1.82, 2.24) is 15.0 Å². The van der Waals surface area contributed by atoms with Crippen LogP contribution < -0.4 is 10.6 Å². The van der Waals surface area contributed by atoms with Crippen molar-refractivity contribution in [2.24, 2.45) is 11.7 Å². The summed E-state index contributed by atoms with van der Waals surface area (Å²) < 4.78 is 0. The zero-order chi connectivity index (χ0) is 21.6. The molecule has 3 aromatic rings. The lowest BCUT2D eigenvalue weighted by molar-refractivity contribution is 0.323. The number of halogens is 1. The van der Waals surface area contributed by atoms with Gasteiger partial charge in [-0.25, -0.2) is 4.98 Å². The Kier molecular flexibility index (Phi) is 7.15. The minimum absolute atomic E-state index is 0.366. The third kappa shape index (κ3) is 5.60. The van der Waals surface area contributed by atoms with E-state index in [1.54, 1.807) is 6.20 Å². The van der Waals surface area contributed by atoms with Gasteiger partial charge in [0.25, 0.3) is 0 Å². The van der Waals surface area contributed by atoms with Gasteiger partial charge in [0, 0.05) is 49.0 Å². The summed E-state index contributed by atoms with van der Waals surface area (Å²) >= 11 is 6.55. The summed E-state index contributed by atoms with van der Waals surface area (Å²) in [6.07, 6.45) is 11.0. The van der Waals surface area contributed by atoms with Crippen LogP contribution in [0.2, 0.25) is 5.02 Å². The lowest BCUT2D eigenvalue weighted by Gasteiger charge is -2.26. The number of hydrogen-bond donors (Lipinski definition) is 1. The Morgan fingerprint density at radius 1 is 1.10 bits per heavy atom. The highest BCUT2D eigenvalue weighted by Gasteiger charge is 2.20. The molecule has 0 aromatic carbocycles. The molecule has 162 valence electrons. The lowest BCUT2D eigenvalue weighted by atomic mass is 9.83. The van der Waals surface area contributed by atoms with Crippen molar-refractivity contribution in [3.05, 3.63) is 71.3 Å². The Morgan fingerprint density at radius 2 is 1.87 bits per heavy atom. The smallest absolute Gasteiger partial charge is 0.129 e. The third-order valence-electron chi connectivity index (χ3n) is 6.14. The van der Waals surface area contributed by atoms with Gasteiger partial charge in [-0.3, -0.25) is 9.97 Å². The number of aromatic nitrogens is 3. The van der Waals surface area contributed by atoms with E-state index in [1.807, 2.05) is 36.7 Å². The SMILES string of the molecule is CCN(Cc1ccncc1)c1cccc(-c2cc(CC3CCC(N)CC3)ncc2Cl)n1. The highest BCUT2D eigenvalue weighted by Crippen LogP contribution is 2.31. The Balaban J connectivity index is 1.55. The molecule has 0 atom stereocenters. The van der Waals surface area contributed by atoms with Crippen LogP contribution >= 0.6 is 11.6 Å². The lowest BCUT2D eigenvalue weighted by Crippen LogP contribution is -2.27. The monoisotopic (exact) mass is 435 g/mol. The van der Waals surface area contributed by atoms with Gasteiger partial charge in [-0.15, -0.1) is 0 Å². The number of hydrogen-bond acceptors (Lipinski definition) is 5. The Labute approximate surface area is 189 Å². The Bertz CT molecular complexity index is 986. The molecular formula is C25H30ClN5. The summed E-state index contributed by atoms with van der Waals surface area (Å²) in [7, 11) is 0. The average molecular weight is 436 g/mol. The molecule has 0 saturated heterocycles. The van der Waals surface area contributed by atoms with E-state index < -0.39 is 0 Å². The summed E-state index contributed by atoms with van der Waals surface area (Å²) in [4.78, 5) is 15.9. The molecule has 1 aliphatic rings. The fourth-order valence-corrected chi connectivity index (χ4v) is 4.49. The van der Waals surface area contributed by atoms with E-state index in [0.717, 1.165) is 55.1 Å². The van der Waals surface area contributed by atoms with Crippen LogP contribution in [0.1, 0.15) is 43.9 Å². The van der Waals surface area contributed by atoms with Crippen molar-refractivity contribution in [2.75, 3.05) is 11.4 Å². The number of nitrogens with two attached hydrogens (primary N) is 1. The summed E-state index contributed by atoms with van der Waals surface area (Å²) in [5, 5.41) is 0.635. The van der Waals surface area contributed by atoms with Gasteiger partial charge in [-0.1, -0.05) is 17.7 Å². The van der Waals surface area contributed by atoms with Crippen LogP contribution in [-0.4, -0.2) is 27.5 Å². The molecule has 4 rings (SSSR count).